The molecular formula is C10H14N2O4S. The van der Waals surface area contributed by atoms with E-state index in [0.29, 0.717) is 19.0 Å². The van der Waals surface area contributed by atoms with Gasteiger partial charge in [0.25, 0.3) is 0 Å². The van der Waals surface area contributed by atoms with Crippen molar-refractivity contribution in [1.29, 1.82) is 0 Å². The van der Waals surface area contributed by atoms with Crippen molar-refractivity contribution < 1.29 is 17.9 Å². The number of anilines is 1. The highest BCUT2D eigenvalue weighted by atomic mass is 32.2. The Morgan fingerprint density at radius 3 is 2.71 bits per heavy atom. The van der Waals surface area contributed by atoms with E-state index >= 15 is 0 Å². The normalized spacial score (nSPS) is 20.4. The SMILES string of the molecule is Nc1cc(OC2CCOC2)ccc1S(N)(=O)=O. The molecule has 0 aliphatic carbocycles. The van der Waals surface area contributed by atoms with E-state index in [0.717, 1.165) is 6.42 Å². The second kappa shape index (κ2) is 4.52. The molecule has 1 aliphatic rings. The van der Waals surface area contributed by atoms with Crippen LogP contribution in [0.15, 0.2) is 23.1 Å². The van der Waals surface area contributed by atoms with Crippen LogP contribution in [0.25, 0.3) is 0 Å². The Morgan fingerprint density at radius 1 is 1.41 bits per heavy atom. The number of primary sulfonamides is 1. The average molecular weight is 258 g/mol. The summed E-state index contributed by atoms with van der Waals surface area (Å²) in [5, 5.41) is 5.00. The van der Waals surface area contributed by atoms with Crippen LogP contribution in [0.4, 0.5) is 5.69 Å². The van der Waals surface area contributed by atoms with E-state index in [1.165, 1.54) is 18.2 Å². The van der Waals surface area contributed by atoms with Crippen molar-refractivity contribution >= 4 is 15.7 Å². The Morgan fingerprint density at radius 2 is 2.18 bits per heavy atom. The molecule has 7 heteroatoms. The van der Waals surface area contributed by atoms with Crippen molar-refractivity contribution in [3.63, 3.8) is 0 Å². The topological polar surface area (TPSA) is 105 Å². The third-order valence-corrected chi connectivity index (χ3v) is 3.46. The van der Waals surface area contributed by atoms with Gasteiger partial charge in [0.1, 0.15) is 16.7 Å². The Labute approximate surface area is 99.6 Å². The number of hydrogen-bond donors (Lipinski definition) is 2. The fraction of sp³-hybridized carbons (Fsp3) is 0.400. The number of sulfonamides is 1. The van der Waals surface area contributed by atoms with Crippen LogP contribution in [0.5, 0.6) is 5.75 Å². The second-order valence-corrected chi connectivity index (χ2v) is 5.38. The van der Waals surface area contributed by atoms with E-state index in [2.05, 4.69) is 0 Å². The summed E-state index contributed by atoms with van der Waals surface area (Å²) in [6.45, 7) is 1.21. The first-order chi connectivity index (χ1) is 7.97. The third kappa shape index (κ3) is 2.87. The Balaban J connectivity index is 2.19. The van der Waals surface area contributed by atoms with Gasteiger partial charge in [-0.3, -0.25) is 0 Å². The van der Waals surface area contributed by atoms with Crippen molar-refractivity contribution in [2.24, 2.45) is 5.14 Å². The van der Waals surface area contributed by atoms with Crippen LogP contribution in [0.1, 0.15) is 6.42 Å². The summed E-state index contributed by atoms with van der Waals surface area (Å²) >= 11 is 0. The molecule has 0 amide bonds. The predicted octanol–water partition coefficient (Wildman–Crippen LogP) is 0.0839. The van der Waals surface area contributed by atoms with E-state index in [-0.39, 0.29) is 16.7 Å². The highest BCUT2D eigenvalue weighted by Gasteiger charge is 2.18. The van der Waals surface area contributed by atoms with Crippen molar-refractivity contribution in [2.75, 3.05) is 18.9 Å². The fourth-order valence-corrected chi connectivity index (χ4v) is 2.30. The molecule has 6 nitrogen and oxygen atoms in total. The van der Waals surface area contributed by atoms with E-state index in [4.69, 9.17) is 20.3 Å². The number of nitrogen functional groups attached to an aromatic ring is 1. The standard InChI is InChI=1S/C10H14N2O4S/c11-9-5-7(16-8-3-4-15-6-8)1-2-10(9)17(12,13)14/h1-2,5,8H,3-4,6,11H2,(H2,12,13,14). The molecule has 1 atom stereocenters. The zero-order chi connectivity index (χ0) is 12.5. The molecule has 4 N–H and O–H groups in total. The molecule has 1 heterocycles. The molecule has 1 aromatic rings. The van der Waals surface area contributed by atoms with Crippen molar-refractivity contribution in [1.82, 2.24) is 0 Å². The smallest absolute Gasteiger partial charge is 0.240 e. The van der Waals surface area contributed by atoms with Gasteiger partial charge in [0.05, 0.1) is 18.9 Å². The van der Waals surface area contributed by atoms with Gasteiger partial charge in [-0.2, -0.15) is 0 Å². The number of ether oxygens (including phenoxy) is 2. The molecule has 94 valence electrons. The molecule has 0 spiro atoms. The minimum atomic E-state index is -3.78. The van der Waals surface area contributed by atoms with Crippen LogP contribution in [0.2, 0.25) is 0 Å². The quantitative estimate of drug-likeness (QED) is 0.747. The summed E-state index contributed by atoms with van der Waals surface area (Å²) in [4.78, 5) is -0.0903. The molecule has 0 bridgehead atoms. The lowest BCUT2D eigenvalue weighted by Crippen LogP contribution is -2.17. The van der Waals surface area contributed by atoms with Gasteiger partial charge < -0.3 is 15.2 Å². The zero-order valence-electron chi connectivity index (χ0n) is 9.13. The maximum absolute atomic E-state index is 11.1. The van der Waals surface area contributed by atoms with Gasteiger partial charge >= 0.3 is 0 Å². The summed E-state index contributed by atoms with van der Waals surface area (Å²) in [7, 11) is -3.78. The largest absolute Gasteiger partial charge is 0.488 e. The van der Waals surface area contributed by atoms with Gasteiger partial charge in [-0.15, -0.1) is 0 Å². The summed E-state index contributed by atoms with van der Waals surface area (Å²) in [6.07, 6.45) is 0.811. The summed E-state index contributed by atoms with van der Waals surface area (Å²) < 4.78 is 33.0. The molecule has 1 unspecified atom stereocenters. The molecule has 0 radical (unpaired) electrons. The number of benzene rings is 1. The minimum Gasteiger partial charge on any atom is -0.488 e. The van der Waals surface area contributed by atoms with Crippen molar-refractivity contribution in [3.05, 3.63) is 18.2 Å². The van der Waals surface area contributed by atoms with E-state index in [1.54, 1.807) is 0 Å². The highest BCUT2D eigenvalue weighted by molar-refractivity contribution is 7.89. The van der Waals surface area contributed by atoms with Gasteiger partial charge in [0.15, 0.2) is 0 Å². The maximum atomic E-state index is 11.1. The van der Waals surface area contributed by atoms with Gasteiger partial charge in [-0.1, -0.05) is 0 Å². The van der Waals surface area contributed by atoms with E-state index in [1.807, 2.05) is 0 Å². The number of hydrogen-bond acceptors (Lipinski definition) is 5. The van der Waals surface area contributed by atoms with Crippen molar-refractivity contribution in [2.45, 2.75) is 17.4 Å². The average Bonchev–Trinajstić information content (AvgIpc) is 2.68. The van der Waals surface area contributed by atoms with Crippen LogP contribution in [-0.2, 0) is 14.8 Å². The molecule has 17 heavy (non-hydrogen) atoms. The minimum absolute atomic E-state index is 0.00488. The lowest BCUT2D eigenvalue weighted by Gasteiger charge is -2.13. The monoisotopic (exact) mass is 258 g/mol. The molecule has 1 saturated heterocycles. The van der Waals surface area contributed by atoms with Crippen LogP contribution in [0, 0.1) is 0 Å². The molecule has 1 aromatic carbocycles. The van der Waals surface area contributed by atoms with Gasteiger partial charge in [0.2, 0.25) is 10.0 Å². The number of nitrogens with two attached hydrogens (primary N) is 2. The first-order valence-electron chi connectivity index (χ1n) is 5.13. The van der Waals surface area contributed by atoms with E-state index < -0.39 is 10.0 Å². The van der Waals surface area contributed by atoms with Gasteiger partial charge in [0, 0.05) is 12.5 Å². The van der Waals surface area contributed by atoms with Gasteiger partial charge in [-0.05, 0) is 12.1 Å². The van der Waals surface area contributed by atoms with Crippen LogP contribution in [0.3, 0.4) is 0 Å². The summed E-state index contributed by atoms with van der Waals surface area (Å²) in [5.74, 6) is 0.519. The second-order valence-electron chi connectivity index (χ2n) is 3.85. The fourth-order valence-electron chi connectivity index (χ4n) is 1.66. The predicted molar refractivity (Wildman–Crippen MR) is 62.1 cm³/mol. The zero-order valence-corrected chi connectivity index (χ0v) is 9.94. The molecular weight excluding hydrogens is 244 g/mol. The number of rotatable bonds is 3. The molecule has 2 rings (SSSR count). The molecule has 1 aliphatic heterocycles. The van der Waals surface area contributed by atoms with Crippen LogP contribution >= 0.6 is 0 Å². The summed E-state index contributed by atoms with van der Waals surface area (Å²) in [5.41, 5.74) is 5.70. The van der Waals surface area contributed by atoms with Crippen LogP contribution < -0.4 is 15.6 Å². The molecule has 1 fully saturated rings. The Kier molecular flexibility index (Phi) is 3.23. The lowest BCUT2D eigenvalue weighted by atomic mass is 10.3. The Hall–Kier alpha value is -1.31. The van der Waals surface area contributed by atoms with Crippen LogP contribution in [-0.4, -0.2) is 27.7 Å². The Bertz CT molecular complexity index is 509. The highest BCUT2D eigenvalue weighted by Crippen LogP contribution is 2.24. The first-order valence-corrected chi connectivity index (χ1v) is 6.68. The first kappa shape index (κ1) is 12.2. The third-order valence-electron chi connectivity index (χ3n) is 2.48. The lowest BCUT2D eigenvalue weighted by molar-refractivity contribution is 0.141. The maximum Gasteiger partial charge on any atom is 0.240 e. The summed E-state index contributed by atoms with van der Waals surface area (Å²) in [6, 6.07) is 4.34. The van der Waals surface area contributed by atoms with Crippen molar-refractivity contribution in [3.8, 4) is 5.75 Å². The van der Waals surface area contributed by atoms with E-state index in [9.17, 15) is 8.42 Å². The van der Waals surface area contributed by atoms with Gasteiger partial charge in [-0.25, -0.2) is 13.6 Å². The molecule has 0 saturated carbocycles. The molecule has 0 aromatic heterocycles.